The molecule has 3 aromatic rings. The maximum Gasteiger partial charge on any atom is 0.258 e. The van der Waals surface area contributed by atoms with E-state index in [1.54, 1.807) is 18.3 Å². The van der Waals surface area contributed by atoms with Gasteiger partial charge in [-0.2, -0.15) is 0 Å². The monoisotopic (exact) mass is 497 g/mol. The lowest BCUT2D eigenvalue weighted by atomic mass is 9.91. The van der Waals surface area contributed by atoms with Crippen LogP contribution in [0.3, 0.4) is 0 Å². The van der Waals surface area contributed by atoms with Gasteiger partial charge < -0.3 is 10.6 Å². The van der Waals surface area contributed by atoms with Gasteiger partial charge in [-0.25, -0.2) is 18.8 Å². The van der Waals surface area contributed by atoms with Gasteiger partial charge in [-0.1, -0.05) is 29.8 Å². The smallest absolute Gasteiger partial charge is 0.258 e. The highest BCUT2D eigenvalue weighted by Crippen LogP contribution is 2.21. The van der Waals surface area contributed by atoms with Gasteiger partial charge in [0.05, 0.1) is 6.54 Å². The van der Waals surface area contributed by atoms with E-state index in [-0.39, 0.29) is 24.1 Å². The number of pyridine rings is 1. The number of aromatic nitrogens is 1. The number of benzene rings is 2. The molecule has 6 nitrogen and oxygen atoms in total. The first-order chi connectivity index (χ1) is 17.0. The zero-order chi connectivity index (χ0) is 24.6. The van der Waals surface area contributed by atoms with Crippen LogP contribution in [0.4, 0.5) is 14.6 Å². The van der Waals surface area contributed by atoms with Crippen molar-refractivity contribution in [3.05, 3.63) is 94.6 Å². The van der Waals surface area contributed by atoms with Crippen LogP contribution in [0.5, 0.6) is 0 Å². The Kier molecular flexibility index (Phi) is 8.26. The highest BCUT2D eigenvalue weighted by molar-refractivity contribution is 6.30. The van der Waals surface area contributed by atoms with Crippen LogP contribution in [-0.2, 0) is 6.54 Å². The van der Waals surface area contributed by atoms with Crippen LogP contribution in [0, 0.1) is 11.6 Å². The normalized spacial score (nSPS) is 18.1. The largest absolute Gasteiger partial charge is 0.367 e. The number of nitrogens with zero attached hydrogens (tertiary/aromatic N) is 2. The van der Waals surface area contributed by atoms with Crippen LogP contribution in [0.15, 0.2) is 71.9 Å². The number of anilines is 1. The standard InChI is InChI=1S/C26H26ClF2N5O/c27-19-5-3-4-17(14-19)16-31-26(34-25(35)18-7-12-22(28)23(29)15-18)33-21-10-8-20(9-11-21)32-24-6-1-2-13-30-24/h1-7,12-15,20-21H,8-11,16H2,(H,30,32)(H2,31,33,34,35). The van der Waals surface area contributed by atoms with E-state index in [1.807, 2.05) is 30.3 Å². The number of carbonyl (C=O) groups is 1. The van der Waals surface area contributed by atoms with Gasteiger partial charge >= 0.3 is 0 Å². The maximum atomic E-state index is 13.6. The number of hydrogen-bond donors (Lipinski definition) is 3. The molecule has 0 unspecified atom stereocenters. The number of aliphatic imine (C=N–C) groups is 1. The molecular formula is C26H26ClF2N5O. The molecular weight excluding hydrogens is 472 g/mol. The van der Waals surface area contributed by atoms with E-state index in [0.717, 1.165) is 49.2 Å². The summed E-state index contributed by atoms with van der Waals surface area (Å²) in [7, 11) is 0. The molecule has 0 atom stereocenters. The summed E-state index contributed by atoms with van der Waals surface area (Å²) in [6.45, 7) is 0.289. The minimum absolute atomic E-state index is 0.00410. The van der Waals surface area contributed by atoms with E-state index < -0.39 is 17.5 Å². The van der Waals surface area contributed by atoms with Crippen molar-refractivity contribution in [3.8, 4) is 0 Å². The molecule has 0 saturated heterocycles. The molecule has 1 heterocycles. The fourth-order valence-electron chi connectivity index (χ4n) is 3.98. The molecule has 1 fully saturated rings. The van der Waals surface area contributed by atoms with Gasteiger partial charge in [0.1, 0.15) is 5.82 Å². The second-order valence-electron chi connectivity index (χ2n) is 8.43. The van der Waals surface area contributed by atoms with E-state index in [0.29, 0.717) is 11.1 Å². The number of hydrogen-bond acceptors (Lipinski definition) is 4. The SMILES string of the molecule is O=C(NC(=NCc1cccc(Cl)c1)NC1CCC(Nc2ccccn2)CC1)c1ccc(F)c(F)c1. The average Bonchev–Trinajstić information content (AvgIpc) is 2.86. The highest BCUT2D eigenvalue weighted by atomic mass is 35.5. The van der Waals surface area contributed by atoms with Crippen molar-refractivity contribution in [2.24, 2.45) is 4.99 Å². The van der Waals surface area contributed by atoms with E-state index in [9.17, 15) is 13.6 Å². The molecule has 0 spiro atoms. The number of guanidine groups is 1. The summed E-state index contributed by atoms with van der Waals surface area (Å²) in [6, 6.07) is 16.5. The Bertz CT molecular complexity index is 1180. The Hall–Kier alpha value is -3.52. The predicted molar refractivity (Wildman–Crippen MR) is 133 cm³/mol. The Morgan fingerprint density at radius 3 is 2.49 bits per heavy atom. The Labute approximate surface area is 207 Å². The minimum atomic E-state index is -1.08. The number of carbonyl (C=O) groups excluding carboxylic acids is 1. The molecule has 4 rings (SSSR count). The Balaban J connectivity index is 1.41. The molecule has 0 bridgehead atoms. The number of nitrogens with one attached hydrogen (secondary N) is 3. The summed E-state index contributed by atoms with van der Waals surface area (Å²) < 4.78 is 26.9. The lowest BCUT2D eigenvalue weighted by molar-refractivity contribution is 0.0974. The first-order valence-corrected chi connectivity index (χ1v) is 11.8. The molecule has 9 heteroatoms. The van der Waals surface area contributed by atoms with Crippen LogP contribution in [0.25, 0.3) is 0 Å². The van der Waals surface area contributed by atoms with Crippen LogP contribution < -0.4 is 16.0 Å². The number of amides is 1. The first kappa shape index (κ1) is 24.6. The Morgan fingerprint density at radius 1 is 0.971 bits per heavy atom. The molecule has 1 saturated carbocycles. The quantitative estimate of drug-likeness (QED) is 0.318. The zero-order valence-corrected chi connectivity index (χ0v) is 19.7. The second kappa shape index (κ2) is 11.8. The van der Waals surface area contributed by atoms with Crippen LogP contribution in [0.2, 0.25) is 5.02 Å². The molecule has 182 valence electrons. The van der Waals surface area contributed by atoms with Crippen molar-refractivity contribution in [1.82, 2.24) is 15.6 Å². The van der Waals surface area contributed by atoms with Crippen LogP contribution in [-0.4, -0.2) is 28.9 Å². The van der Waals surface area contributed by atoms with Gasteiger partial charge in [0, 0.05) is 28.9 Å². The zero-order valence-electron chi connectivity index (χ0n) is 19.0. The highest BCUT2D eigenvalue weighted by Gasteiger charge is 2.23. The number of halogens is 3. The third-order valence-electron chi connectivity index (χ3n) is 5.81. The minimum Gasteiger partial charge on any atom is -0.367 e. The molecule has 0 radical (unpaired) electrons. The molecule has 1 aromatic heterocycles. The van der Waals surface area contributed by atoms with Gasteiger partial charge in [0.25, 0.3) is 5.91 Å². The summed E-state index contributed by atoms with van der Waals surface area (Å²) in [4.78, 5) is 21.6. The van der Waals surface area contributed by atoms with E-state index >= 15 is 0 Å². The summed E-state index contributed by atoms with van der Waals surface area (Å²) >= 11 is 6.07. The van der Waals surface area contributed by atoms with Crippen molar-refractivity contribution < 1.29 is 13.6 Å². The fourth-order valence-corrected chi connectivity index (χ4v) is 4.19. The van der Waals surface area contributed by atoms with E-state index in [2.05, 4.69) is 25.9 Å². The van der Waals surface area contributed by atoms with Crippen molar-refractivity contribution in [1.29, 1.82) is 0 Å². The average molecular weight is 498 g/mol. The molecule has 1 aliphatic rings. The molecule has 2 aromatic carbocycles. The topological polar surface area (TPSA) is 78.4 Å². The lowest BCUT2D eigenvalue weighted by Crippen LogP contribution is -2.47. The number of rotatable bonds is 6. The van der Waals surface area contributed by atoms with Gasteiger partial charge in [-0.3, -0.25) is 10.1 Å². The van der Waals surface area contributed by atoms with Gasteiger partial charge in [-0.05, 0) is 73.7 Å². The van der Waals surface area contributed by atoms with Gasteiger partial charge in [0.2, 0.25) is 0 Å². The third-order valence-corrected chi connectivity index (χ3v) is 6.04. The second-order valence-corrected chi connectivity index (χ2v) is 8.87. The Morgan fingerprint density at radius 2 is 1.77 bits per heavy atom. The van der Waals surface area contributed by atoms with Crippen molar-refractivity contribution in [3.63, 3.8) is 0 Å². The van der Waals surface area contributed by atoms with Gasteiger partial charge in [-0.15, -0.1) is 0 Å². The first-order valence-electron chi connectivity index (χ1n) is 11.5. The maximum absolute atomic E-state index is 13.6. The fraction of sp³-hybridized carbons (Fsp3) is 0.269. The van der Waals surface area contributed by atoms with E-state index in [1.165, 1.54) is 6.07 Å². The molecule has 1 aliphatic carbocycles. The van der Waals surface area contributed by atoms with Crippen LogP contribution in [0.1, 0.15) is 41.6 Å². The van der Waals surface area contributed by atoms with Crippen molar-refractivity contribution in [2.75, 3.05) is 5.32 Å². The van der Waals surface area contributed by atoms with Crippen LogP contribution >= 0.6 is 11.6 Å². The molecule has 1 amide bonds. The summed E-state index contributed by atoms with van der Waals surface area (Å²) in [5.74, 6) is -1.54. The van der Waals surface area contributed by atoms with Gasteiger partial charge in [0.15, 0.2) is 17.6 Å². The third kappa shape index (κ3) is 7.23. The summed E-state index contributed by atoms with van der Waals surface area (Å²) in [5, 5.41) is 10.1. The lowest BCUT2D eigenvalue weighted by Gasteiger charge is -2.30. The molecule has 0 aliphatic heterocycles. The van der Waals surface area contributed by atoms with Crippen molar-refractivity contribution in [2.45, 2.75) is 44.3 Å². The summed E-state index contributed by atoms with van der Waals surface area (Å²) in [5.41, 5.74) is 0.881. The predicted octanol–water partition coefficient (Wildman–Crippen LogP) is 5.31. The molecule has 35 heavy (non-hydrogen) atoms. The van der Waals surface area contributed by atoms with Crippen molar-refractivity contribution >= 4 is 29.3 Å². The molecule has 3 N–H and O–H groups in total. The summed E-state index contributed by atoms with van der Waals surface area (Å²) in [6.07, 6.45) is 5.33. The van der Waals surface area contributed by atoms with E-state index in [4.69, 9.17) is 11.6 Å².